The Hall–Kier alpha value is -3.12. The van der Waals surface area contributed by atoms with E-state index in [9.17, 15) is 27.5 Å². The number of benzene rings is 2. The number of ether oxygens (including phenoxy) is 1. The van der Waals surface area contributed by atoms with Gasteiger partial charge in [-0.3, -0.25) is 14.5 Å². The topological polar surface area (TPSA) is 107 Å². The lowest BCUT2D eigenvalue weighted by Crippen LogP contribution is -2.38. The number of amides is 1. The Kier molecular flexibility index (Phi) is 8.08. The first kappa shape index (κ1) is 26.9. The molecule has 2 aliphatic heterocycles. The predicted octanol–water partition coefficient (Wildman–Crippen LogP) is 2.22. The second-order valence-electron chi connectivity index (χ2n) is 9.16. The van der Waals surface area contributed by atoms with Crippen LogP contribution in [0.2, 0.25) is 0 Å². The number of halogens is 1. The lowest BCUT2D eigenvalue weighted by molar-refractivity contribution is -0.140. The van der Waals surface area contributed by atoms with E-state index in [4.69, 9.17) is 4.74 Å². The number of likely N-dealkylation sites (tertiary alicyclic amines) is 1. The maximum absolute atomic E-state index is 13.7. The first-order chi connectivity index (χ1) is 17.6. The Labute approximate surface area is 215 Å². The monoisotopic (exact) mass is 531 g/mol. The van der Waals surface area contributed by atoms with E-state index in [1.165, 1.54) is 67.5 Å². The number of carbonyl (C=O) groups excluding carboxylic acids is 2. The quantitative estimate of drug-likeness (QED) is 0.316. The Bertz CT molecular complexity index is 1290. The maximum atomic E-state index is 13.7. The maximum Gasteiger partial charge on any atom is 0.295 e. The summed E-state index contributed by atoms with van der Waals surface area (Å²) in [6, 6.07) is 9.98. The first-order valence-corrected chi connectivity index (χ1v) is 13.4. The summed E-state index contributed by atoms with van der Waals surface area (Å²) >= 11 is 0. The van der Waals surface area contributed by atoms with Crippen molar-refractivity contribution >= 4 is 27.5 Å². The molecule has 0 aliphatic carbocycles. The third-order valence-electron chi connectivity index (χ3n) is 6.61. The van der Waals surface area contributed by atoms with Gasteiger partial charge in [0.1, 0.15) is 11.6 Å². The van der Waals surface area contributed by atoms with Gasteiger partial charge in [0, 0.05) is 45.8 Å². The van der Waals surface area contributed by atoms with Crippen LogP contribution in [0, 0.1) is 5.82 Å². The Morgan fingerprint density at radius 1 is 1.03 bits per heavy atom. The summed E-state index contributed by atoms with van der Waals surface area (Å²) in [4.78, 5) is 29.9. The highest BCUT2D eigenvalue weighted by Gasteiger charge is 2.45. The fraction of sp³-hybridized carbons (Fsp3) is 0.385. The van der Waals surface area contributed by atoms with E-state index in [-0.39, 0.29) is 22.6 Å². The summed E-state index contributed by atoms with van der Waals surface area (Å²) in [5.41, 5.74) is 0.558. The molecule has 2 saturated heterocycles. The summed E-state index contributed by atoms with van der Waals surface area (Å²) in [5.74, 6) is -2.48. The number of hydrogen-bond acceptors (Lipinski definition) is 7. The Morgan fingerprint density at radius 3 is 2.24 bits per heavy atom. The number of Topliss-reactive ketones (excluding diaryl/α,β-unsaturated/α-hetero) is 1. The molecule has 1 amide bonds. The molecule has 0 aromatic heterocycles. The van der Waals surface area contributed by atoms with Gasteiger partial charge >= 0.3 is 0 Å². The van der Waals surface area contributed by atoms with Crippen molar-refractivity contribution in [3.8, 4) is 0 Å². The van der Waals surface area contributed by atoms with Crippen molar-refractivity contribution < 1.29 is 32.2 Å². The average molecular weight is 532 g/mol. The zero-order valence-corrected chi connectivity index (χ0v) is 21.6. The lowest BCUT2D eigenvalue weighted by Gasteiger charge is -2.29. The fourth-order valence-corrected chi connectivity index (χ4v) is 5.44. The van der Waals surface area contributed by atoms with Gasteiger partial charge in [0.05, 0.1) is 29.7 Å². The minimum absolute atomic E-state index is 0.0210. The van der Waals surface area contributed by atoms with Crippen LogP contribution in [0.5, 0.6) is 0 Å². The van der Waals surface area contributed by atoms with Gasteiger partial charge < -0.3 is 14.7 Å². The van der Waals surface area contributed by atoms with Crippen LogP contribution < -0.4 is 0 Å². The number of nitrogens with zero attached hydrogens (tertiary/aromatic N) is 3. The van der Waals surface area contributed by atoms with Crippen molar-refractivity contribution in [3.63, 3.8) is 0 Å². The molecule has 2 aliphatic rings. The molecule has 2 heterocycles. The zero-order valence-electron chi connectivity index (χ0n) is 20.8. The van der Waals surface area contributed by atoms with E-state index in [1.807, 2.05) is 0 Å². The molecule has 0 saturated carbocycles. The first-order valence-electron chi connectivity index (χ1n) is 12.0. The van der Waals surface area contributed by atoms with Gasteiger partial charge in [-0.25, -0.2) is 17.1 Å². The second kappa shape index (κ2) is 11.1. The van der Waals surface area contributed by atoms with Gasteiger partial charge in [0.15, 0.2) is 0 Å². The number of ketones is 1. The van der Waals surface area contributed by atoms with Crippen molar-refractivity contribution in [3.05, 3.63) is 71.0 Å². The van der Waals surface area contributed by atoms with Gasteiger partial charge in [-0.15, -0.1) is 0 Å². The van der Waals surface area contributed by atoms with Crippen LogP contribution in [0.3, 0.4) is 0 Å². The zero-order chi connectivity index (χ0) is 26.7. The van der Waals surface area contributed by atoms with Gasteiger partial charge in [-0.2, -0.15) is 0 Å². The van der Waals surface area contributed by atoms with Crippen LogP contribution in [0.15, 0.2) is 59.0 Å². The molecule has 1 N–H and O–H groups in total. The molecule has 37 heavy (non-hydrogen) atoms. The highest BCUT2D eigenvalue weighted by molar-refractivity contribution is 7.89. The van der Waals surface area contributed by atoms with E-state index < -0.39 is 39.3 Å². The molecular weight excluding hydrogens is 501 g/mol. The second-order valence-corrected chi connectivity index (χ2v) is 11.3. The van der Waals surface area contributed by atoms with Gasteiger partial charge in [-0.05, 0) is 48.4 Å². The van der Waals surface area contributed by atoms with Gasteiger partial charge in [0.25, 0.3) is 11.7 Å². The van der Waals surface area contributed by atoms with E-state index in [1.54, 1.807) is 0 Å². The van der Waals surface area contributed by atoms with Crippen molar-refractivity contribution in [1.82, 2.24) is 14.1 Å². The number of rotatable bonds is 8. The molecule has 9 nitrogen and oxygen atoms in total. The minimum Gasteiger partial charge on any atom is -0.507 e. The summed E-state index contributed by atoms with van der Waals surface area (Å²) in [6.07, 6.45) is 0.599. The molecule has 2 aromatic carbocycles. The summed E-state index contributed by atoms with van der Waals surface area (Å²) in [5, 5.41) is 11.2. The summed E-state index contributed by atoms with van der Waals surface area (Å²) < 4.78 is 44.9. The number of sulfonamides is 1. The molecule has 0 spiro atoms. The van der Waals surface area contributed by atoms with Crippen LogP contribution in [0.1, 0.15) is 23.6 Å². The SMILES string of the molecule is CN(C)S(=O)(=O)c1ccc(/C(O)=C2/C(=O)C(=O)N(CCCN3CCOCC3)C2c2ccc(F)cc2)cc1. The molecule has 0 radical (unpaired) electrons. The molecule has 198 valence electrons. The standard InChI is InChI=1S/C26H30FN3O6S/c1-28(2)37(34,35)21-10-6-19(7-11-21)24(31)22-23(18-4-8-20(27)9-5-18)30(26(33)25(22)32)13-3-12-29-14-16-36-17-15-29/h4-11,23,31H,3,12-17H2,1-2H3/b24-22-. The van der Waals surface area contributed by atoms with Crippen LogP contribution in [0.25, 0.3) is 5.76 Å². The van der Waals surface area contributed by atoms with Crippen LogP contribution in [-0.4, -0.2) is 92.8 Å². The molecule has 11 heteroatoms. The minimum atomic E-state index is -3.69. The predicted molar refractivity (Wildman–Crippen MR) is 135 cm³/mol. The van der Waals surface area contributed by atoms with E-state index in [2.05, 4.69) is 4.90 Å². The molecule has 1 unspecified atom stereocenters. The van der Waals surface area contributed by atoms with Crippen molar-refractivity contribution in [2.75, 3.05) is 53.5 Å². The van der Waals surface area contributed by atoms with E-state index >= 15 is 0 Å². The molecule has 1 atom stereocenters. The fourth-order valence-electron chi connectivity index (χ4n) is 4.54. The number of hydrogen-bond donors (Lipinski definition) is 1. The van der Waals surface area contributed by atoms with Crippen LogP contribution in [-0.2, 0) is 24.3 Å². The third kappa shape index (κ3) is 5.59. The Morgan fingerprint density at radius 2 is 1.65 bits per heavy atom. The summed E-state index contributed by atoms with van der Waals surface area (Å²) in [6.45, 7) is 3.86. The number of aliphatic hydroxyl groups excluding tert-OH is 1. The van der Waals surface area contributed by atoms with E-state index in [0.717, 1.165) is 17.4 Å². The smallest absolute Gasteiger partial charge is 0.295 e. The molecular formula is C26H30FN3O6S. The molecule has 2 fully saturated rings. The third-order valence-corrected chi connectivity index (χ3v) is 8.44. The average Bonchev–Trinajstić information content (AvgIpc) is 3.14. The van der Waals surface area contributed by atoms with Gasteiger partial charge in [0.2, 0.25) is 10.0 Å². The molecule has 4 rings (SSSR count). The summed E-state index contributed by atoms with van der Waals surface area (Å²) in [7, 11) is -0.867. The van der Waals surface area contributed by atoms with Crippen molar-refractivity contribution in [1.29, 1.82) is 0 Å². The highest BCUT2D eigenvalue weighted by Crippen LogP contribution is 2.39. The lowest BCUT2D eigenvalue weighted by atomic mass is 9.95. The molecule has 0 bridgehead atoms. The van der Waals surface area contributed by atoms with E-state index in [0.29, 0.717) is 31.7 Å². The van der Waals surface area contributed by atoms with Gasteiger partial charge in [-0.1, -0.05) is 12.1 Å². The molecule has 2 aromatic rings. The number of carbonyl (C=O) groups is 2. The van der Waals surface area contributed by atoms with Crippen molar-refractivity contribution in [2.45, 2.75) is 17.4 Å². The van der Waals surface area contributed by atoms with Crippen LogP contribution >= 0.6 is 0 Å². The largest absolute Gasteiger partial charge is 0.507 e. The normalized spacial score (nSPS) is 20.6. The number of morpholine rings is 1. The van der Waals surface area contributed by atoms with Crippen LogP contribution in [0.4, 0.5) is 4.39 Å². The number of aliphatic hydroxyl groups is 1. The Balaban J connectivity index is 1.68. The highest BCUT2D eigenvalue weighted by atomic mass is 32.2. The van der Waals surface area contributed by atoms with Crippen molar-refractivity contribution in [2.24, 2.45) is 0 Å².